The van der Waals surface area contributed by atoms with E-state index in [-0.39, 0.29) is 48.5 Å². The molecule has 8 rings (SSSR count). The van der Waals surface area contributed by atoms with Gasteiger partial charge in [0.15, 0.2) is 20.6 Å². The van der Waals surface area contributed by atoms with Crippen LogP contribution in [0, 0.1) is 152 Å². The number of rotatable bonds is 23. The van der Waals surface area contributed by atoms with Gasteiger partial charge in [-0.1, -0.05) is 75.4 Å². The number of aryl methyl sites for hydroxylation is 2. The second kappa shape index (κ2) is 37.0. The molecule has 22 nitrogen and oxygen atoms in total. The van der Waals surface area contributed by atoms with Crippen LogP contribution >= 0.6 is 7.60 Å². The lowest BCUT2D eigenvalue weighted by atomic mass is 9.80. The van der Waals surface area contributed by atoms with Crippen molar-refractivity contribution in [3.8, 4) is 148 Å². The number of Topliss-reactive ketones (excluding diaryl/α,β-unsaturated/α-hetero) is 1. The summed E-state index contributed by atoms with van der Waals surface area (Å²) in [5.74, 6) is 48.2. The average molecular weight is 1470 g/mol. The van der Waals surface area contributed by atoms with E-state index in [0.717, 1.165) is 16.8 Å². The molecule has 4 aromatic carbocycles. The predicted molar refractivity (Wildman–Crippen MR) is 401 cm³/mol. The number of ether oxygens (including phenoxy) is 7. The molecular formula is C83H73N4O18PSi. The number of hydrogen-bond donors (Lipinski definition) is 1. The first-order valence-electron chi connectivity index (χ1n) is 33.1. The maximum atomic E-state index is 15.3. The minimum absolute atomic E-state index is 0.0977. The van der Waals surface area contributed by atoms with Gasteiger partial charge in [0.05, 0.1) is 40.0 Å². The molecule has 2 fully saturated rings. The average Bonchev–Trinajstić information content (AvgIpc) is 1.63. The number of esters is 1. The number of carbonyl (C=O) groups is 3. The fourth-order valence-electron chi connectivity index (χ4n) is 10.8. The number of aromatic nitrogens is 4. The number of nitrogens with zero attached hydrogens (tertiary/aromatic N) is 3. The van der Waals surface area contributed by atoms with Crippen LogP contribution in [0.1, 0.15) is 103 Å². The van der Waals surface area contributed by atoms with Gasteiger partial charge in [-0.3, -0.25) is 37.9 Å². The Balaban J connectivity index is 1.09. The van der Waals surface area contributed by atoms with Crippen LogP contribution in [0.2, 0.25) is 18.1 Å². The smallest absolute Gasteiger partial charge is 0.340 e. The lowest BCUT2D eigenvalue weighted by Gasteiger charge is -2.40. The molecule has 0 spiro atoms. The van der Waals surface area contributed by atoms with Crippen LogP contribution in [-0.2, 0) is 52.2 Å². The molecule has 542 valence electrons. The summed E-state index contributed by atoms with van der Waals surface area (Å²) in [6.07, 6.45) is -0.229. The Morgan fingerprint density at radius 2 is 1.21 bits per heavy atom. The monoisotopic (exact) mass is 1470 g/mol. The number of carbonyl (C=O) groups excluding carboxylic acids is 3. The molecule has 2 unspecified atom stereocenters. The zero-order valence-corrected chi connectivity index (χ0v) is 62.6. The van der Waals surface area contributed by atoms with Crippen molar-refractivity contribution < 1.29 is 65.6 Å². The van der Waals surface area contributed by atoms with Crippen LogP contribution in [0.15, 0.2) is 129 Å². The van der Waals surface area contributed by atoms with E-state index >= 15 is 9.36 Å². The Labute approximate surface area is 621 Å². The van der Waals surface area contributed by atoms with Crippen molar-refractivity contribution >= 4 is 33.6 Å². The Kier molecular flexibility index (Phi) is 27.8. The highest BCUT2D eigenvalue weighted by Gasteiger charge is 2.54. The van der Waals surface area contributed by atoms with Gasteiger partial charge in [0.1, 0.15) is 59.3 Å². The summed E-state index contributed by atoms with van der Waals surface area (Å²) in [7, 11) is -4.37. The van der Waals surface area contributed by atoms with E-state index < -0.39 is 111 Å². The first kappa shape index (κ1) is 80.5. The van der Waals surface area contributed by atoms with Crippen molar-refractivity contribution in [2.45, 2.75) is 134 Å². The first-order valence-corrected chi connectivity index (χ1v) is 38.0. The van der Waals surface area contributed by atoms with Crippen molar-refractivity contribution in [1.29, 1.82) is 0 Å². The molecule has 4 heterocycles. The van der Waals surface area contributed by atoms with E-state index in [0.29, 0.717) is 43.9 Å². The van der Waals surface area contributed by atoms with Crippen LogP contribution in [0.4, 0.5) is 0 Å². The molecule has 107 heavy (non-hydrogen) atoms. The van der Waals surface area contributed by atoms with Crippen molar-refractivity contribution in [2.24, 2.45) is 0 Å². The highest BCUT2D eigenvalue weighted by Crippen LogP contribution is 2.51. The minimum atomic E-state index is -4.43. The minimum Gasteiger partial charge on any atom is -0.497 e. The van der Waals surface area contributed by atoms with Crippen molar-refractivity contribution in [3.63, 3.8) is 0 Å². The van der Waals surface area contributed by atoms with Gasteiger partial charge < -0.3 is 51.4 Å². The summed E-state index contributed by atoms with van der Waals surface area (Å²) in [4.78, 5) is 98.7. The van der Waals surface area contributed by atoms with Crippen molar-refractivity contribution in [1.82, 2.24) is 18.7 Å². The van der Waals surface area contributed by atoms with Crippen LogP contribution < -0.4 is 36.7 Å². The maximum absolute atomic E-state index is 15.3. The predicted octanol–water partition coefficient (Wildman–Crippen LogP) is 8.28. The lowest BCUT2D eigenvalue weighted by molar-refractivity contribution is -0.156. The number of ketones is 1. The second-order valence-corrected chi connectivity index (χ2v) is 32.3. The summed E-state index contributed by atoms with van der Waals surface area (Å²) in [5.41, 5.74) is -1.85. The summed E-state index contributed by atoms with van der Waals surface area (Å²) < 4.78 is 81.4. The molecular weight excluding hydrogens is 1400 g/mol. The summed E-state index contributed by atoms with van der Waals surface area (Å²) in [6.45, 7) is 16.1. The van der Waals surface area contributed by atoms with E-state index in [4.69, 9.17) is 53.1 Å². The number of nitrogens with one attached hydrogen (secondary N) is 1. The summed E-state index contributed by atoms with van der Waals surface area (Å²) in [6, 6.07) is 27.8. The largest absolute Gasteiger partial charge is 0.497 e. The summed E-state index contributed by atoms with van der Waals surface area (Å²) >= 11 is 0. The van der Waals surface area contributed by atoms with Crippen LogP contribution in [0.5, 0.6) is 17.2 Å². The number of benzene rings is 4. The van der Waals surface area contributed by atoms with Crippen LogP contribution in [-0.4, -0.2) is 109 Å². The van der Waals surface area contributed by atoms with Crippen LogP contribution in [0.25, 0.3) is 0 Å². The topological polar surface area (TPSA) is 259 Å². The molecule has 2 aliphatic heterocycles. The van der Waals surface area contributed by atoms with E-state index in [1.807, 2.05) is 88.5 Å². The van der Waals surface area contributed by atoms with Gasteiger partial charge in [-0.15, -0.1) is 6.42 Å². The third-order valence-corrected chi connectivity index (χ3v) is 23.1. The quantitative estimate of drug-likeness (QED) is 0.0208. The van der Waals surface area contributed by atoms with Gasteiger partial charge in [0.25, 0.3) is 17.0 Å². The van der Waals surface area contributed by atoms with E-state index in [1.54, 1.807) is 52.3 Å². The Bertz CT molecular complexity index is 5400. The molecule has 8 atom stereocenters. The zero-order valence-electron chi connectivity index (χ0n) is 60.7. The second-order valence-electron chi connectivity index (χ2n) is 25.6. The zero-order chi connectivity index (χ0) is 77.5. The SMILES string of the molecule is C#CC#CC#CC#CC#CC#CC#CC#CC#CC#CC#COc1cc(C(=O)n2c(=O)ccn([C@@H]3O[C@H](COP(C)(=O)O[C@@H]4C[C@H](n5cc(C)c(=O)[nH]c5=O)O[C@@H]4COC(c4ccccc4)(c4ccc(OC)cc4)c4ccc(OC)cc4)[C@H](OC(=O)CCC(C)=O)C3O[Si](C)(C)C(C)(C)C)c2=O)cc(C)c1C. The first-order chi connectivity index (χ1) is 51.1. The van der Waals surface area contributed by atoms with E-state index in [2.05, 4.69) is 129 Å². The van der Waals surface area contributed by atoms with Crippen molar-refractivity contribution in [2.75, 3.05) is 34.1 Å². The molecule has 24 heteroatoms. The normalized spacial score (nSPS) is 17.2. The van der Waals surface area contributed by atoms with Gasteiger partial charge in [-0.25, -0.2) is 9.59 Å². The highest BCUT2D eigenvalue weighted by atomic mass is 31.2. The highest BCUT2D eigenvalue weighted by molar-refractivity contribution is 7.53. The molecule has 0 amide bonds. The van der Waals surface area contributed by atoms with E-state index in [9.17, 15) is 28.8 Å². The third-order valence-electron chi connectivity index (χ3n) is 17.3. The molecule has 2 saturated heterocycles. The molecule has 2 aromatic heterocycles. The Morgan fingerprint density at radius 3 is 1.74 bits per heavy atom. The van der Waals surface area contributed by atoms with Gasteiger partial charge in [-0.2, -0.15) is 4.57 Å². The maximum Gasteiger partial charge on any atom is 0.340 e. The van der Waals surface area contributed by atoms with Gasteiger partial charge in [-0.05, 0) is 157 Å². The van der Waals surface area contributed by atoms with Gasteiger partial charge in [0.2, 0.25) is 0 Å². The number of terminal acetylenes is 1. The van der Waals surface area contributed by atoms with E-state index in [1.165, 1.54) is 43.4 Å². The van der Waals surface area contributed by atoms with Crippen molar-refractivity contribution in [3.05, 3.63) is 190 Å². The number of aromatic amines is 1. The molecule has 0 aliphatic carbocycles. The van der Waals surface area contributed by atoms with Crippen LogP contribution in [0.3, 0.4) is 0 Å². The van der Waals surface area contributed by atoms with Gasteiger partial charge in [0, 0.05) is 120 Å². The fraction of sp³-hybridized carbons (Fsp3) is 0.313. The fourth-order valence-corrected chi connectivity index (χ4v) is 13.2. The molecule has 0 saturated carbocycles. The molecule has 0 radical (unpaired) electrons. The standard InChI is InChI=1S/C83H73N4O18PSi/c1-14-15-16-17-18-19-20-21-22-23-24-25-26-27-28-29-30-31-32-36-51-98-68-53-62(52-58(2)61(68)5)78(92)87-72(89)49-50-85(81(87)94)79-76(105-107(12,13)82(6,7)8)75(103-74(90)48-39-60(4)88)71(102-79)57-100-106(11,95)104-69-54-73(86-55-59(3)77(91)84-80(86)93)101-70(69)56-99-83(63-37-34-33-35-38-63,64-40-44-66(96-9)45-41-64)65-42-46-67(97-10)47-43-65/h1,33-35,37-38,40-47,49-50,52-53,55,69-71,73,75-76,79H,39,48,54,56-57H2,2-13H3,(H,84,91,93)/t69-,70-,71-,73-,75+,76?,79-,106?/m1/s1. The van der Waals surface area contributed by atoms with Gasteiger partial charge >= 0.3 is 24.9 Å². The Hall–Kier alpha value is -12.2. The molecule has 0 bridgehead atoms. The lowest BCUT2D eigenvalue weighted by Crippen LogP contribution is -2.51. The number of methoxy groups -OCH3 is 2. The summed E-state index contributed by atoms with van der Waals surface area (Å²) in [5, 5.41) is -0.546. The number of hydrogen-bond acceptors (Lipinski definition) is 18. The molecule has 1 N–H and O–H groups in total. The molecule has 6 aromatic rings. The Morgan fingerprint density at radius 1 is 0.664 bits per heavy atom. The molecule has 2 aliphatic rings. The third kappa shape index (κ3) is 21.1. The number of H-pyrrole nitrogens is 1.